The number of nitrogens with zero attached hydrogens (tertiary/aromatic N) is 1. The van der Waals surface area contributed by atoms with Crippen LogP contribution in [0.4, 0.5) is 0 Å². The van der Waals surface area contributed by atoms with Crippen molar-refractivity contribution in [3.8, 4) is 5.75 Å². The molecular weight excluding hydrogens is 674 g/mol. The van der Waals surface area contributed by atoms with Crippen molar-refractivity contribution in [1.29, 1.82) is 0 Å². The smallest absolute Gasteiger partial charge is 0.343 e. The average molecular weight is 707 g/mol. The van der Waals surface area contributed by atoms with Gasteiger partial charge in [-0.2, -0.15) is 0 Å². The molecule has 4 aromatic carbocycles. The van der Waals surface area contributed by atoms with Crippen LogP contribution in [0.1, 0.15) is 75.1 Å². The van der Waals surface area contributed by atoms with E-state index < -0.39 is 42.2 Å². The van der Waals surface area contributed by atoms with Gasteiger partial charge < -0.3 is 9.47 Å². The molecule has 0 saturated carbocycles. The summed E-state index contributed by atoms with van der Waals surface area (Å²) in [6.07, 6.45) is 0.206. The maximum Gasteiger partial charge on any atom is 0.343 e. The summed E-state index contributed by atoms with van der Waals surface area (Å²) >= 11 is 3.33. The fourth-order valence-corrected chi connectivity index (χ4v) is 7.80. The number of likely N-dealkylation sites (tertiary alicyclic amines) is 1. The third-order valence-electron chi connectivity index (χ3n) is 9.57. The van der Waals surface area contributed by atoms with E-state index in [0.717, 1.165) is 31.6 Å². The van der Waals surface area contributed by atoms with Crippen molar-refractivity contribution in [2.75, 3.05) is 6.61 Å². The minimum atomic E-state index is -1.16. The summed E-state index contributed by atoms with van der Waals surface area (Å²) in [4.78, 5) is 68.8. The second kappa shape index (κ2) is 12.6. The van der Waals surface area contributed by atoms with Gasteiger partial charge in [0.25, 0.3) is 0 Å². The predicted octanol–water partition coefficient (Wildman–Crippen LogP) is 6.70. The zero-order chi connectivity index (χ0) is 33.7. The highest BCUT2D eigenvalue weighted by atomic mass is 79.9. The molecule has 8 nitrogen and oxygen atoms in total. The summed E-state index contributed by atoms with van der Waals surface area (Å²) in [6.45, 7) is 3.24. The number of halogens is 1. The molecule has 0 radical (unpaired) electrons. The Morgan fingerprint density at radius 3 is 1.67 bits per heavy atom. The Kier molecular flexibility index (Phi) is 8.33. The van der Waals surface area contributed by atoms with Gasteiger partial charge in [0.05, 0.1) is 17.4 Å². The molecule has 3 atom stereocenters. The standard InChI is InChI=1S/C39H32BrNO7/c1-21(2)19-30(39(46)47-20-31(42)22-13-17-25(18-14-22)48-38(45)23-11-15-24(40)16-12-23)41-36(43)34-32-26-7-3-4-8-27(26)33(35(34)37(41)44)29-10-6-5-9-28(29)32/h3-18,21,30,32-35H,19-20H2,1-2H3. The Morgan fingerprint density at radius 1 is 0.708 bits per heavy atom. The van der Waals surface area contributed by atoms with Gasteiger partial charge in [-0.05, 0) is 83.1 Å². The fraction of sp³-hybridized carbons (Fsp3) is 0.256. The highest BCUT2D eigenvalue weighted by molar-refractivity contribution is 9.10. The van der Waals surface area contributed by atoms with Crippen molar-refractivity contribution < 1.29 is 33.4 Å². The Morgan fingerprint density at radius 2 is 1.19 bits per heavy atom. The number of rotatable bonds is 9. The molecule has 0 aromatic heterocycles. The van der Waals surface area contributed by atoms with E-state index in [4.69, 9.17) is 9.47 Å². The maximum atomic E-state index is 14.3. The topological polar surface area (TPSA) is 107 Å². The summed E-state index contributed by atoms with van der Waals surface area (Å²) < 4.78 is 11.7. The van der Waals surface area contributed by atoms with Gasteiger partial charge in [0.15, 0.2) is 12.4 Å². The predicted molar refractivity (Wildman–Crippen MR) is 179 cm³/mol. The van der Waals surface area contributed by atoms with Crippen molar-refractivity contribution in [3.63, 3.8) is 0 Å². The number of amides is 2. The highest BCUT2D eigenvalue weighted by Crippen LogP contribution is 2.61. The molecule has 4 aromatic rings. The summed E-state index contributed by atoms with van der Waals surface area (Å²) in [5.74, 6) is -4.16. The van der Waals surface area contributed by atoms with Crippen LogP contribution in [-0.4, -0.2) is 47.1 Å². The molecule has 1 saturated heterocycles. The van der Waals surface area contributed by atoms with Crippen LogP contribution in [-0.2, 0) is 19.1 Å². The number of Topliss-reactive ketones (excluding diaryl/α,β-unsaturated/α-hetero) is 1. The first-order valence-electron chi connectivity index (χ1n) is 16.0. The van der Waals surface area contributed by atoms with E-state index in [1.54, 1.807) is 24.3 Å². The van der Waals surface area contributed by atoms with Crippen LogP contribution in [0.3, 0.4) is 0 Å². The molecule has 8 rings (SSSR count). The van der Waals surface area contributed by atoms with E-state index in [1.807, 2.05) is 62.4 Å². The van der Waals surface area contributed by atoms with Gasteiger partial charge in [0.2, 0.25) is 11.8 Å². The minimum Gasteiger partial charge on any atom is -0.456 e. The van der Waals surface area contributed by atoms with E-state index in [1.165, 1.54) is 24.3 Å². The lowest BCUT2D eigenvalue weighted by Gasteiger charge is -2.45. The van der Waals surface area contributed by atoms with Gasteiger partial charge >= 0.3 is 11.9 Å². The van der Waals surface area contributed by atoms with Crippen LogP contribution in [0.15, 0.2) is 102 Å². The van der Waals surface area contributed by atoms with Crippen LogP contribution < -0.4 is 4.74 Å². The number of imide groups is 1. The van der Waals surface area contributed by atoms with Gasteiger partial charge in [-0.15, -0.1) is 0 Å². The number of ketones is 1. The molecule has 1 fully saturated rings. The monoisotopic (exact) mass is 705 g/mol. The van der Waals surface area contributed by atoms with Crippen molar-refractivity contribution in [2.45, 2.75) is 38.1 Å². The normalized spacial score (nSPS) is 21.0. The van der Waals surface area contributed by atoms with Crippen LogP contribution in [0.25, 0.3) is 0 Å². The molecule has 3 unspecified atom stereocenters. The number of carbonyl (C=O) groups is 5. The van der Waals surface area contributed by atoms with Crippen LogP contribution in [0, 0.1) is 17.8 Å². The molecule has 3 aliphatic carbocycles. The van der Waals surface area contributed by atoms with E-state index in [9.17, 15) is 24.0 Å². The van der Waals surface area contributed by atoms with Gasteiger partial charge in [-0.3, -0.25) is 19.3 Å². The van der Waals surface area contributed by atoms with E-state index in [2.05, 4.69) is 15.9 Å². The van der Waals surface area contributed by atoms with Gasteiger partial charge in [-0.1, -0.05) is 78.3 Å². The zero-order valence-corrected chi connectivity index (χ0v) is 27.9. The molecular formula is C39H32BrNO7. The lowest BCUT2D eigenvalue weighted by molar-refractivity contribution is -0.158. The van der Waals surface area contributed by atoms with Gasteiger partial charge in [0, 0.05) is 21.9 Å². The molecule has 48 heavy (non-hydrogen) atoms. The van der Waals surface area contributed by atoms with Crippen molar-refractivity contribution in [2.24, 2.45) is 17.8 Å². The molecule has 2 amide bonds. The molecule has 0 spiro atoms. The fourth-order valence-electron chi connectivity index (χ4n) is 7.54. The highest BCUT2D eigenvalue weighted by Gasteiger charge is 2.63. The van der Waals surface area contributed by atoms with Crippen LogP contribution in [0.2, 0.25) is 0 Å². The summed E-state index contributed by atoms with van der Waals surface area (Å²) in [7, 11) is 0. The van der Waals surface area contributed by atoms with E-state index in [-0.39, 0.29) is 47.3 Å². The lowest BCUT2D eigenvalue weighted by Crippen LogP contribution is -2.47. The first-order chi connectivity index (χ1) is 23.1. The first kappa shape index (κ1) is 31.7. The number of esters is 2. The Hall–Kier alpha value is -4.89. The van der Waals surface area contributed by atoms with Gasteiger partial charge in [-0.25, -0.2) is 9.59 Å². The third kappa shape index (κ3) is 5.46. The van der Waals surface area contributed by atoms with Gasteiger partial charge in [0.1, 0.15) is 11.8 Å². The average Bonchev–Trinajstić information content (AvgIpc) is 3.36. The SMILES string of the molecule is CC(C)CC(C(=O)OCC(=O)c1ccc(OC(=O)c2ccc(Br)cc2)cc1)N1C(=O)C2C3c4ccccc4C(c4ccccc43)C2C1=O. The van der Waals surface area contributed by atoms with Crippen molar-refractivity contribution in [3.05, 3.63) is 135 Å². The Labute approximate surface area is 286 Å². The largest absolute Gasteiger partial charge is 0.456 e. The van der Waals surface area contributed by atoms with E-state index >= 15 is 0 Å². The molecule has 2 bridgehead atoms. The van der Waals surface area contributed by atoms with Crippen molar-refractivity contribution in [1.82, 2.24) is 4.90 Å². The minimum absolute atomic E-state index is 0.0414. The van der Waals surface area contributed by atoms with Crippen molar-refractivity contribution >= 4 is 45.5 Å². The number of hydrogen-bond donors (Lipinski definition) is 0. The molecule has 242 valence electrons. The maximum absolute atomic E-state index is 14.3. The number of carbonyl (C=O) groups excluding carboxylic acids is 5. The molecule has 0 N–H and O–H groups in total. The molecule has 1 heterocycles. The van der Waals surface area contributed by atoms with Crippen LogP contribution >= 0.6 is 15.9 Å². The Bertz CT molecular complexity index is 1840. The molecule has 9 heteroatoms. The number of hydrogen-bond acceptors (Lipinski definition) is 7. The molecule has 4 aliphatic rings. The molecule has 1 aliphatic heterocycles. The quantitative estimate of drug-likeness (QED) is 0.0826. The first-order valence-corrected chi connectivity index (χ1v) is 16.8. The Balaban J connectivity index is 1.07. The van der Waals surface area contributed by atoms with E-state index in [0.29, 0.717) is 5.56 Å². The number of benzene rings is 4. The lowest BCUT2D eigenvalue weighted by atomic mass is 9.55. The summed E-state index contributed by atoms with van der Waals surface area (Å²) in [5.41, 5.74) is 4.82. The van der Waals surface area contributed by atoms with Crippen LogP contribution in [0.5, 0.6) is 5.75 Å². The summed E-state index contributed by atoms with van der Waals surface area (Å²) in [5, 5.41) is 0. The number of ether oxygens (including phenoxy) is 2. The second-order valence-electron chi connectivity index (χ2n) is 12.9. The summed E-state index contributed by atoms with van der Waals surface area (Å²) in [6, 6.07) is 27.4. The second-order valence-corrected chi connectivity index (χ2v) is 13.8. The zero-order valence-electron chi connectivity index (χ0n) is 26.3. The third-order valence-corrected chi connectivity index (χ3v) is 10.1.